The summed E-state index contributed by atoms with van der Waals surface area (Å²) in [6.45, 7) is 2.39. The van der Waals surface area contributed by atoms with Crippen molar-refractivity contribution < 1.29 is 8.78 Å². The van der Waals surface area contributed by atoms with Gasteiger partial charge in [0, 0.05) is 29.4 Å². The fraction of sp³-hybridized carbons (Fsp3) is 0.308. The first kappa shape index (κ1) is 12.8. The number of H-pyrrole nitrogens is 1. The molecule has 0 saturated carbocycles. The van der Waals surface area contributed by atoms with Gasteiger partial charge >= 0.3 is 0 Å². The molecule has 1 atom stereocenters. The molecule has 0 bridgehead atoms. The molecule has 1 aliphatic heterocycles. The number of aromatic nitrogens is 2. The van der Waals surface area contributed by atoms with Crippen LogP contribution in [0.15, 0.2) is 12.1 Å². The maximum Gasteiger partial charge on any atom is 0.177 e. The van der Waals surface area contributed by atoms with Crippen LogP contribution in [0.1, 0.15) is 22.9 Å². The smallest absolute Gasteiger partial charge is 0.177 e. The lowest BCUT2D eigenvalue weighted by molar-refractivity contribution is 0.513. The predicted octanol–water partition coefficient (Wildman–Crippen LogP) is 4.13. The van der Waals surface area contributed by atoms with Crippen molar-refractivity contribution in [1.82, 2.24) is 9.55 Å². The van der Waals surface area contributed by atoms with Gasteiger partial charge in [-0.25, -0.2) is 8.78 Å². The zero-order valence-corrected chi connectivity index (χ0v) is 11.7. The number of fused-ring (bicyclic) bond motifs is 1. The van der Waals surface area contributed by atoms with E-state index < -0.39 is 11.6 Å². The molecule has 0 fully saturated rings. The van der Waals surface area contributed by atoms with E-state index in [0.717, 1.165) is 11.4 Å². The minimum atomic E-state index is -0.662. The molecule has 19 heavy (non-hydrogen) atoms. The highest BCUT2D eigenvalue weighted by Gasteiger charge is 2.30. The lowest BCUT2D eigenvalue weighted by Crippen LogP contribution is -2.07. The molecular weight excluding hydrogens is 290 g/mol. The van der Waals surface area contributed by atoms with Gasteiger partial charge in [-0.05, 0) is 37.7 Å². The van der Waals surface area contributed by atoms with E-state index in [-0.39, 0.29) is 16.5 Å². The molecule has 0 amide bonds. The second-order valence-electron chi connectivity index (χ2n) is 4.77. The molecule has 1 aromatic carbocycles. The average Bonchev–Trinajstić information content (AvgIpc) is 2.88. The van der Waals surface area contributed by atoms with Gasteiger partial charge < -0.3 is 9.55 Å². The van der Waals surface area contributed by atoms with Crippen molar-refractivity contribution in [1.29, 1.82) is 0 Å². The SMILES string of the molecule is Cc1[nH]c(=S)n2c1C[C@@H](c1c(F)ccc(Cl)c1F)C2. The predicted molar refractivity (Wildman–Crippen MR) is 72.2 cm³/mol. The second-order valence-corrected chi connectivity index (χ2v) is 5.56. The third kappa shape index (κ3) is 1.92. The van der Waals surface area contributed by atoms with Crippen molar-refractivity contribution in [3.8, 4) is 0 Å². The average molecular weight is 301 g/mol. The van der Waals surface area contributed by atoms with Crippen LogP contribution in [0.3, 0.4) is 0 Å². The Kier molecular flexibility index (Phi) is 2.98. The summed E-state index contributed by atoms with van der Waals surface area (Å²) in [5.41, 5.74) is 2.02. The van der Waals surface area contributed by atoms with E-state index in [1.54, 1.807) is 0 Å². The zero-order valence-electron chi connectivity index (χ0n) is 10.1. The van der Waals surface area contributed by atoms with Crippen LogP contribution in [-0.2, 0) is 13.0 Å². The first-order valence-electron chi connectivity index (χ1n) is 5.90. The lowest BCUT2D eigenvalue weighted by Gasteiger charge is -2.12. The van der Waals surface area contributed by atoms with Crippen molar-refractivity contribution in [2.75, 3.05) is 0 Å². The second kappa shape index (κ2) is 4.42. The highest BCUT2D eigenvalue weighted by atomic mass is 35.5. The van der Waals surface area contributed by atoms with Crippen LogP contribution in [-0.4, -0.2) is 9.55 Å². The fourth-order valence-corrected chi connectivity index (χ4v) is 3.21. The van der Waals surface area contributed by atoms with Crippen LogP contribution in [0, 0.1) is 23.3 Å². The van der Waals surface area contributed by atoms with Crippen LogP contribution in [0.4, 0.5) is 8.78 Å². The van der Waals surface area contributed by atoms with E-state index >= 15 is 0 Å². The maximum atomic E-state index is 14.0. The van der Waals surface area contributed by atoms with E-state index in [2.05, 4.69) is 4.98 Å². The summed E-state index contributed by atoms with van der Waals surface area (Å²) in [6, 6.07) is 2.45. The molecule has 3 rings (SSSR count). The lowest BCUT2D eigenvalue weighted by atomic mass is 9.95. The number of halogens is 3. The molecular formula is C13H11ClF2N2S. The van der Waals surface area contributed by atoms with Crippen molar-refractivity contribution in [2.24, 2.45) is 0 Å². The summed E-state index contributed by atoms with van der Waals surface area (Å²) in [5.74, 6) is -1.47. The molecule has 6 heteroatoms. The Labute approximate surface area is 119 Å². The Morgan fingerprint density at radius 3 is 2.84 bits per heavy atom. The van der Waals surface area contributed by atoms with Gasteiger partial charge in [0.05, 0.1) is 5.02 Å². The van der Waals surface area contributed by atoms with Gasteiger partial charge in [0.1, 0.15) is 11.6 Å². The molecule has 0 saturated heterocycles. The molecule has 1 aliphatic rings. The molecule has 1 aromatic heterocycles. The van der Waals surface area contributed by atoms with Gasteiger partial charge in [-0.1, -0.05) is 11.6 Å². The van der Waals surface area contributed by atoms with Crippen LogP contribution in [0.25, 0.3) is 0 Å². The van der Waals surface area contributed by atoms with Crippen LogP contribution in [0.2, 0.25) is 5.02 Å². The van der Waals surface area contributed by atoms with E-state index in [1.165, 1.54) is 12.1 Å². The first-order chi connectivity index (χ1) is 8.99. The standard InChI is InChI=1S/C13H11ClF2N2S/c1-6-10-4-7(5-18(10)13(19)17-6)11-9(15)3-2-8(14)12(11)16/h2-3,7H,4-5H2,1H3,(H,17,19)/t7-/m1/s1. The Morgan fingerprint density at radius 2 is 2.16 bits per heavy atom. The quantitative estimate of drug-likeness (QED) is 0.620. The Bertz CT molecular complexity index is 720. The van der Waals surface area contributed by atoms with Crippen LogP contribution < -0.4 is 0 Å². The molecule has 2 nitrogen and oxygen atoms in total. The molecule has 0 unspecified atom stereocenters. The number of hydrogen-bond donors (Lipinski definition) is 1. The zero-order chi connectivity index (χ0) is 13.7. The van der Waals surface area contributed by atoms with Crippen molar-refractivity contribution in [3.63, 3.8) is 0 Å². The summed E-state index contributed by atoms with van der Waals surface area (Å²) in [6.07, 6.45) is 0.563. The number of imidazole rings is 1. The molecule has 0 aliphatic carbocycles. The van der Waals surface area contributed by atoms with Crippen LogP contribution in [0.5, 0.6) is 0 Å². The third-order valence-corrected chi connectivity index (χ3v) is 4.24. The number of nitrogens with zero attached hydrogens (tertiary/aromatic N) is 1. The number of aromatic amines is 1. The Hall–Kier alpha value is -1.20. The number of aryl methyl sites for hydroxylation is 1. The van der Waals surface area contributed by atoms with E-state index in [1.807, 2.05) is 11.5 Å². The third-order valence-electron chi connectivity index (χ3n) is 3.63. The van der Waals surface area contributed by atoms with Crippen molar-refractivity contribution >= 4 is 23.8 Å². The van der Waals surface area contributed by atoms with Gasteiger partial charge in [-0.2, -0.15) is 0 Å². The number of rotatable bonds is 1. The largest absolute Gasteiger partial charge is 0.335 e. The summed E-state index contributed by atoms with van der Waals surface area (Å²) in [4.78, 5) is 3.05. The van der Waals surface area contributed by atoms with E-state index in [0.29, 0.717) is 17.7 Å². The summed E-state index contributed by atoms with van der Waals surface area (Å²) in [5, 5.41) is -0.0464. The highest BCUT2D eigenvalue weighted by molar-refractivity contribution is 7.71. The summed E-state index contributed by atoms with van der Waals surface area (Å²) < 4.78 is 30.4. The van der Waals surface area contributed by atoms with Gasteiger partial charge in [0.2, 0.25) is 0 Å². The Balaban J connectivity index is 2.06. The molecule has 2 aromatic rings. The minimum absolute atomic E-state index is 0.0464. The van der Waals surface area contributed by atoms with Gasteiger partial charge in [0.15, 0.2) is 4.77 Å². The molecule has 2 heterocycles. The number of hydrogen-bond acceptors (Lipinski definition) is 1. The van der Waals surface area contributed by atoms with Gasteiger partial charge in [-0.15, -0.1) is 0 Å². The monoisotopic (exact) mass is 300 g/mol. The van der Waals surface area contributed by atoms with Crippen molar-refractivity contribution in [2.45, 2.75) is 25.8 Å². The van der Waals surface area contributed by atoms with Crippen molar-refractivity contribution in [3.05, 3.63) is 50.5 Å². The van der Waals surface area contributed by atoms with E-state index in [4.69, 9.17) is 23.8 Å². The molecule has 100 valence electrons. The first-order valence-corrected chi connectivity index (χ1v) is 6.69. The number of benzene rings is 1. The molecule has 0 radical (unpaired) electrons. The highest BCUT2D eigenvalue weighted by Crippen LogP contribution is 2.36. The molecule has 0 spiro atoms. The Morgan fingerprint density at radius 1 is 1.42 bits per heavy atom. The molecule has 1 N–H and O–H groups in total. The van der Waals surface area contributed by atoms with Crippen LogP contribution >= 0.6 is 23.8 Å². The fourth-order valence-electron chi connectivity index (χ4n) is 2.71. The minimum Gasteiger partial charge on any atom is -0.335 e. The van der Waals surface area contributed by atoms with E-state index in [9.17, 15) is 8.78 Å². The van der Waals surface area contributed by atoms with Gasteiger partial charge in [-0.3, -0.25) is 0 Å². The summed E-state index contributed by atoms with van der Waals surface area (Å²) in [7, 11) is 0. The van der Waals surface area contributed by atoms with Gasteiger partial charge in [0.25, 0.3) is 0 Å². The maximum absolute atomic E-state index is 14.0. The normalized spacial score (nSPS) is 17.8. The topological polar surface area (TPSA) is 20.7 Å². The number of nitrogens with one attached hydrogen (secondary N) is 1. The summed E-state index contributed by atoms with van der Waals surface area (Å²) >= 11 is 10.9.